The molecule has 0 saturated carbocycles. The van der Waals surface area contributed by atoms with Gasteiger partial charge in [0, 0.05) is 12.1 Å². The van der Waals surface area contributed by atoms with Crippen molar-refractivity contribution in [1.29, 1.82) is 0 Å². The lowest BCUT2D eigenvalue weighted by Gasteiger charge is -2.25. The lowest BCUT2D eigenvalue weighted by atomic mass is 10.1. The van der Waals surface area contributed by atoms with Crippen LogP contribution in [0, 0.1) is 20.8 Å². The number of ether oxygens (including phenoxy) is 2. The number of carbonyl (C=O) groups excluding carboxylic acids is 2. The molecular formula is C23H29N3O6S. The minimum Gasteiger partial charge on any atom is -0.493 e. The Morgan fingerprint density at radius 3 is 2.21 bits per heavy atom. The lowest BCUT2D eigenvalue weighted by Crippen LogP contribution is -2.51. The molecule has 1 aliphatic heterocycles. The van der Waals surface area contributed by atoms with Crippen LogP contribution in [0.2, 0.25) is 0 Å². The molecule has 0 bridgehead atoms. The first kappa shape index (κ1) is 24.5. The SMILES string of the molecule is COc1ccc(C(=O)NNC(=O)C2CCCN2S(=O)(=O)c2c(C)cc(C)cc2C)cc1OC. The number of benzene rings is 2. The number of hydrogen-bond donors (Lipinski definition) is 2. The van der Waals surface area contributed by atoms with Crippen LogP contribution < -0.4 is 20.3 Å². The number of rotatable bonds is 6. The summed E-state index contributed by atoms with van der Waals surface area (Å²) >= 11 is 0. The summed E-state index contributed by atoms with van der Waals surface area (Å²) in [6.45, 7) is 5.64. The number of nitrogens with zero attached hydrogens (tertiary/aromatic N) is 1. The molecule has 9 nitrogen and oxygen atoms in total. The van der Waals surface area contributed by atoms with Gasteiger partial charge < -0.3 is 9.47 Å². The fourth-order valence-electron chi connectivity index (χ4n) is 4.23. The van der Waals surface area contributed by atoms with Crippen LogP contribution >= 0.6 is 0 Å². The molecule has 2 amide bonds. The van der Waals surface area contributed by atoms with Gasteiger partial charge in [-0.2, -0.15) is 4.31 Å². The first-order chi connectivity index (χ1) is 15.6. The third-order valence-corrected chi connectivity index (χ3v) is 7.84. The van der Waals surface area contributed by atoms with Crippen molar-refractivity contribution in [3.05, 3.63) is 52.6 Å². The van der Waals surface area contributed by atoms with E-state index >= 15 is 0 Å². The van der Waals surface area contributed by atoms with Gasteiger partial charge in [0.15, 0.2) is 11.5 Å². The van der Waals surface area contributed by atoms with Crippen molar-refractivity contribution < 1.29 is 27.5 Å². The highest BCUT2D eigenvalue weighted by molar-refractivity contribution is 7.89. The minimum atomic E-state index is -3.89. The Bertz CT molecular complexity index is 1160. The molecule has 1 unspecified atom stereocenters. The molecule has 33 heavy (non-hydrogen) atoms. The number of methoxy groups -OCH3 is 2. The Morgan fingerprint density at radius 1 is 0.970 bits per heavy atom. The van der Waals surface area contributed by atoms with Crippen LogP contribution in [0.5, 0.6) is 11.5 Å². The van der Waals surface area contributed by atoms with Crippen molar-refractivity contribution in [3.8, 4) is 11.5 Å². The van der Waals surface area contributed by atoms with Crippen molar-refractivity contribution in [3.63, 3.8) is 0 Å². The van der Waals surface area contributed by atoms with E-state index in [1.54, 1.807) is 19.9 Å². The van der Waals surface area contributed by atoms with E-state index in [0.29, 0.717) is 35.5 Å². The molecule has 0 spiro atoms. The van der Waals surface area contributed by atoms with Crippen molar-refractivity contribution in [2.75, 3.05) is 20.8 Å². The summed E-state index contributed by atoms with van der Waals surface area (Å²) in [5.41, 5.74) is 7.21. The van der Waals surface area contributed by atoms with Gasteiger partial charge in [0.2, 0.25) is 10.0 Å². The summed E-state index contributed by atoms with van der Waals surface area (Å²) in [6.07, 6.45) is 0.909. The molecule has 2 N–H and O–H groups in total. The van der Waals surface area contributed by atoms with E-state index in [9.17, 15) is 18.0 Å². The average molecular weight is 476 g/mol. The largest absolute Gasteiger partial charge is 0.493 e. The number of aryl methyl sites for hydroxylation is 3. The average Bonchev–Trinajstić information content (AvgIpc) is 3.27. The van der Waals surface area contributed by atoms with E-state index in [-0.39, 0.29) is 17.0 Å². The van der Waals surface area contributed by atoms with Crippen LogP contribution in [0.4, 0.5) is 0 Å². The lowest BCUT2D eigenvalue weighted by molar-refractivity contribution is -0.125. The number of carbonyl (C=O) groups is 2. The van der Waals surface area contributed by atoms with E-state index in [0.717, 1.165) is 5.56 Å². The van der Waals surface area contributed by atoms with E-state index in [1.807, 2.05) is 19.1 Å². The summed E-state index contributed by atoms with van der Waals surface area (Å²) in [5, 5.41) is 0. The number of nitrogens with one attached hydrogen (secondary N) is 2. The highest BCUT2D eigenvalue weighted by atomic mass is 32.2. The Hall–Kier alpha value is -3.11. The molecular weight excluding hydrogens is 446 g/mol. The maximum Gasteiger partial charge on any atom is 0.269 e. The molecule has 1 fully saturated rings. The molecule has 0 radical (unpaired) electrons. The molecule has 1 atom stereocenters. The van der Waals surface area contributed by atoms with Crippen LogP contribution in [0.3, 0.4) is 0 Å². The zero-order valence-corrected chi connectivity index (χ0v) is 20.2. The van der Waals surface area contributed by atoms with E-state index in [4.69, 9.17) is 9.47 Å². The summed E-state index contributed by atoms with van der Waals surface area (Å²) < 4.78 is 38.4. The van der Waals surface area contributed by atoms with Gasteiger partial charge in [-0.25, -0.2) is 8.42 Å². The zero-order valence-electron chi connectivity index (χ0n) is 19.4. The second-order valence-electron chi connectivity index (χ2n) is 8.01. The van der Waals surface area contributed by atoms with Gasteiger partial charge >= 0.3 is 0 Å². The third kappa shape index (κ3) is 4.96. The third-order valence-electron chi connectivity index (χ3n) is 5.62. The zero-order chi connectivity index (χ0) is 24.3. The summed E-state index contributed by atoms with van der Waals surface area (Å²) in [4.78, 5) is 25.6. The highest BCUT2D eigenvalue weighted by Crippen LogP contribution is 2.31. The molecule has 10 heteroatoms. The van der Waals surface area contributed by atoms with Crippen molar-refractivity contribution in [2.45, 2.75) is 44.6 Å². The highest BCUT2D eigenvalue weighted by Gasteiger charge is 2.40. The molecule has 2 aromatic carbocycles. The second kappa shape index (κ2) is 9.80. The molecule has 1 aliphatic rings. The quantitative estimate of drug-likeness (QED) is 0.620. The van der Waals surface area contributed by atoms with Gasteiger partial charge in [-0.15, -0.1) is 0 Å². The Morgan fingerprint density at radius 2 is 1.61 bits per heavy atom. The molecule has 1 heterocycles. The van der Waals surface area contributed by atoms with Gasteiger partial charge in [-0.05, 0) is 62.9 Å². The van der Waals surface area contributed by atoms with Gasteiger partial charge in [0.05, 0.1) is 19.1 Å². The fraction of sp³-hybridized carbons (Fsp3) is 0.391. The molecule has 0 aromatic heterocycles. The number of hydrazine groups is 1. The number of amides is 2. The van der Waals surface area contributed by atoms with Gasteiger partial charge in [0.25, 0.3) is 11.8 Å². The topological polar surface area (TPSA) is 114 Å². The maximum absolute atomic E-state index is 13.4. The van der Waals surface area contributed by atoms with Gasteiger partial charge in [-0.3, -0.25) is 20.4 Å². The Labute approximate surface area is 194 Å². The van der Waals surface area contributed by atoms with Gasteiger partial charge in [-0.1, -0.05) is 17.7 Å². The van der Waals surface area contributed by atoms with Crippen molar-refractivity contribution in [2.24, 2.45) is 0 Å². The van der Waals surface area contributed by atoms with E-state index in [1.165, 1.54) is 30.7 Å². The predicted octanol–water partition coefficient (Wildman–Crippen LogP) is 2.24. The molecule has 2 aromatic rings. The maximum atomic E-state index is 13.4. The van der Waals surface area contributed by atoms with E-state index in [2.05, 4.69) is 10.9 Å². The van der Waals surface area contributed by atoms with Crippen LogP contribution in [0.1, 0.15) is 39.9 Å². The second-order valence-corrected chi connectivity index (χ2v) is 9.84. The van der Waals surface area contributed by atoms with Crippen LogP contribution in [0.25, 0.3) is 0 Å². The van der Waals surface area contributed by atoms with Crippen LogP contribution in [-0.4, -0.2) is 51.3 Å². The molecule has 0 aliphatic carbocycles. The summed E-state index contributed by atoms with van der Waals surface area (Å²) in [7, 11) is -0.952. The minimum absolute atomic E-state index is 0.224. The summed E-state index contributed by atoms with van der Waals surface area (Å²) in [5.74, 6) is -0.325. The van der Waals surface area contributed by atoms with Crippen molar-refractivity contribution in [1.82, 2.24) is 15.2 Å². The first-order valence-corrected chi connectivity index (χ1v) is 12.0. The van der Waals surface area contributed by atoms with Crippen LogP contribution in [0.15, 0.2) is 35.2 Å². The normalized spacial score (nSPS) is 16.3. The molecule has 3 rings (SSSR count). The number of sulfonamides is 1. The van der Waals surface area contributed by atoms with Gasteiger partial charge in [0.1, 0.15) is 6.04 Å². The van der Waals surface area contributed by atoms with E-state index < -0.39 is 27.9 Å². The monoisotopic (exact) mass is 475 g/mol. The molecule has 1 saturated heterocycles. The standard InChI is InChI=1S/C23H29N3O6S/c1-14-11-15(2)21(16(3)12-14)33(29,30)26-10-6-7-18(26)23(28)25-24-22(27)17-8-9-19(31-4)20(13-17)32-5/h8-9,11-13,18H,6-7,10H2,1-5H3,(H,24,27)(H,25,28). The first-order valence-electron chi connectivity index (χ1n) is 10.5. The fourth-order valence-corrected chi connectivity index (χ4v) is 6.30. The smallest absolute Gasteiger partial charge is 0.269 e. The number of hydrogen-bond acceptors (Lipinski definition) is 6. The Balaban J connectivity index is 1.75. The predicted molar refractivity (Wildman–Crippen MR) is 123 cm³/mol. The Kier molecular flexibility index (Phi) is 7.28. The van der Waals surface area contributed by atoms with Crippen molar-refractivity contribution >= 4 is 21.8 Å². The molecule has 178 valence electrons. The van der Waals surface area contributed by atoms with Crippen LogP contribution in [-0.2, 0) is 14.8 Å². The summed E-state index contributed by atoms with van der Waals surface area (Å²) in [6, 6.07) is 7.30.